The largest absolute Gasteiger partial charge is 0.507 e. The summed E-state index contributed by atoms with van der Waals surface area (Å²) in [5.74, 6) is 0.254. The van der Waals surface area contributed by atoms with Crippen molar-refractivity contribution in [1.29, 1.82) is 0 Å². The molecule has 1 atom stereocenters. The highest BCUT2D eigenvalue weighted by molar-refractivity contribution is 5.91. The van der Waals surface area contributed by atoms with Crippen molar-refractivity contribution < 1.29 is 9.90 Å². The Morgan fingerprint density at radius 3 is 2.46 bits per heavy atom. The summed E-state index contributed by atoms with van der Waals surface area (Å²) in [5, 5.41) is 13.9. The average Bonchev–Trinajstić information content (AvgIpc) is 2.70. The molecular formula is C24H30N2O2. The molecule has 0 aromatic heterocycles. The highest BCUT2D eigenvalue weighted by atomic mass is 16.3. The molecule has 1 amide bonds. The van der Waals surface area contributed by atoms with Gasteiger partial charge in [0.25, 0.3) is 0 Å². The molecule has 0 spiro atoms. The summed E-state index contributed by atoms with van der Waals surface area (Å²) in [6.45, 7) is 4.01. The summed E-state index contributed by atoms with van der Waals surface area (Å²) in [6.07, 6.45) is 7.36. The van der Waals surface area contributed by atoms with Gasteiger partial charge in [-0.15, -0.1) is 0 Å². The molecule has 1 aliphatic carbocycles. The predicted octanol–water partition coefficient (Wildman–Crippen LogP) is 4.95. The molecule has 0 unspecified atom stereocenters. The van der Waals surface area contributed by atoms with E-state index in [1.807, 2.05) is 62.4 Å². The first-order chi connectivity index (χ1) is 13.6. The van der Waals surface area contributed by atoms with Gasteiger partial charge in [0.05, 0.1) is 0 Å². The molecule has 0 radical (unpaired) electrons. The first-order valence-corrected chi connectivity index (χ1v) is 10.3. The smallest absolute Gasteiger partial charge is 0.245 e. The van der Waals surface area contributed by atoms with E-state index in [2.05, 4.69) is 10.3 Å². The van der Waals surface area contributed by atoms with Gasteiger partial charge in [-0.25, -0.2) is 0 Å². The van der Waals surface area contributed by atoms with Crippen molar-refractivity contribution in [2.45, 2.75) is 58.0 Å². The summed E-state index contributed by atoms with van der Waals surface area (Å²) < 4.78 is 0. The van der Waals surface area contributed by atoms with E-state index in [0.717, 1.165) is 24.0 Å². The fraction of sp³-hybridized carbons (Fsp3) is 0.417. The second kappa shape index (κ2) is 9.54. The van der Waals surface area contributed by atoms with Crippen LogP contribution < -0.4 is 5.32 Å². The number of hydrogen-bond acceptors (Lipinski definition) is 3. The van der Waals surface area contributed by atoms with E-state index in [-0.39, 0.29) is 23.6 Å². The Bertz CT molecular complexity index is 809. The predicted molar refractivity (Wildman–Crippen MR) is 115 cm³/mol. The van der Waals surface area contributed by atoms with Gasteiger partial charge in [-0.1, -0.05) is 75.6 Å². The molecule has 0 bridgehead atoms. The van der Waals surface area contributed by atoms with Gasteiger partial charge in [0.2, 0.25) is 5.91 Å². The van der Waals surface area contributed by atoms with Crippen LogP contribution in [0.1, 0.15) is 51.5 Å². The molecule has 1 fully saturated rings. The fourth-order valence-electron chi connectivity index (χ4n) is 3.75. The Hall–Kier alpha value is -2.62. The molecule has 4 nitrogen and oxygen atoms in total. The third kappa shape index (κ3) is 5.00. The Balaban J connectivity index is 1.77. The van der Waals surface area contributed by atoms with Crippen LogP contribution >= 0.6 is 0 Å². The summed E-state index contributed by atoms with van der Waals surface area (Å²) in [4.78, 5) is 17.3. The van der Waals surface area contributed by atoms with Crippen molar-refractivity contribution in [3.63, 3.8) is 0 Å². The van der Waals surface area contributed by atoms with Crippen LogP contribution in [0.25, 0.3) is 11.1 Å². The second-order valence-corrected chi connectivity index (χ2v) is 7.92. The molecule has 1 saturated carbocycles. The van der Waals surface area contributed by atoms with Crippen LogP contribution in [0, 0.1) is 5.92 Å². The van der Waals surface area contributed by atoms with E-state index in [1.54, 1.807) is 6.21 Å². The number of para-hydroxylation sites is 1. The van der Waals surface area contributed by atoms with E-state index in [0.29, 0.717) is 5.56 Å². The van der Waals surface area contributed by atoms with E-state index in [4.69, 9.17) is 0 Å². The van der Waals surface area contributed by atoms with Crippen LogP contribution in [0.2, 0.25) is 0 Å². The monoisotopic (exact) mass is 378 g/mol. The maximum atomic E-state index is 12.8. The van der Waals surface area contributed by atoms with Gasteiger partial charge in [-0.2, -0.15) is 0 Å². The molecule has 148 valence electrons. The number of rotatable bonds is 6. The summed E-state index contributed by atoms with van der Waals surface area (Å²) >= 11 is 0. The summed E-state index contributed by atoms with van der Waals surface area (Å²) in [7, 11) is 0. The Morgan fingerprint density at radius 1 is 1.07 bits per heavy atom. The number of nitrogens with one attached hydrogen (secondary N) is 1. The zero-order valence-electron chi connectivity index (χ0n) is 16.8. The number of aromatic hydroxyl groups is 1. The molecule has 0 heterocycles. The number of amides is 1. The number of aliphatic imine (C=N–C) groups is 1. The van der Waals surface area contributed by atoms with Crippen LogP contribution in [0.4, 0.5) is 0 Å². The molecule has 28 heavy (non-hydrogen) atoms. The van der Waals surface area contributed by atoms with Crippen molar-refractivity contribution in [3.05, 3.63) is 54.1 Å². The first-order valence-electron chi connectivity index (χ1n) is 10.3. The molecule has 2 aromatic carbocycles. The fourth-order valence-corrected chi connectivity index (χ4v) is 3.75. The van der Waals surface area contributed by atoms with E-state index < -0.39 is 6.04 Å². The minimum Gasteiger partial charge on any atom is -0.507 e. The van der Waals surface area contributed by atoms with Crippen molar-refractivity contribution in [2.75, 3.05) is 0 Å². The van der Waals surface area contributed by atoms with Gasteiger partial charge in [-0.05, 0) is 30.4 Å². The number of phenols is 1. The molecule has 1 aliphatic rings. The van der Waals surface area contributed by atoms with E-state index in [9.17, 15) is 9.90 Å². The lowest BCUT2D eigenvalue weighted by Crippen LogP contribution is -2.43. The highest BCUT2D eigenvalue weighted by Gasteiger charge is 2.24. The summed E-state index contributed by atoms with van der Waals surface area (Å²) in [6, 6.07) is 15.2. The first kappa shape index (κ1) is 20.1. The van der Waals surface area contributed by atoms with Crippen LogP contribution in [0.5, 0.6) is 5.75 Å². The third-order valence-electron chi connectivity index (χ3n) is 5.38. The molecule has 0 saturated heterocycles. The maximum Gasteiger partial charge on any atom is 0.245 e. The molecule has 4 heteroatoms. The Kier molecular flexibility index (Phi) is 6.85. The minimum atomic E-state index is -0.457. The highest BCUT2D eigenvalue weighted by Crippen LogP contribution is 2.31. The van der Waals surface area contributed by atoms with Gasteiger partial charge < -0.3 is 10.4 Å². The number of benzene rings is 2. The zero-order chi connectivity index (χ0) is 19.9. The van der Waals surface area contributed by atoms with Crippen LogP contribution in [-0.2, 0) is 4.79 Å². The van der Waals surface area contributed by atoms with Gasteiger partial charge in [0.15, 0.2) is 0 Å². The average molecular weight is 379 g/mol. The number of nitrogens with zero attached hydrogens (tertiary/aromatic N) is 1. The minimum absolute atomic E-state index is 0.0168. The normalized spacial score (nSPS) is 16.4. The number of carbonyl (C=O) groups excluding carboxylic acids is 1. The quantitative estimate of drug-likeness (QED) is 0.699. The molecular weight excluding hydrogens is 348 g/mol. The maximum absolute atomic E-state index is 12.8. The Morgan fingerprint density at radius 2 is 1.79 bits per heavy atom. The second-order valence-electron chi connectivity index (χ2n) is 7.92. The van der Waals surface area contributed by atoms with E-state index >= 15 is 0 Å². The van der Waals surface area contributed by atoms with Crippen molar-refractivity contribution in [1.82, 2.24) is 5.32 Å². The lowest BCUT2D eigenvalue weighted by Gasteiger charge is -2.25. The molecule has 2 aromatic rings. The van der Waals surface area contributed by atoms with Gasteiger partial charge in [0, 0.05) is 23.4 Å². The standard InChI is InChI=1S/C24H30N2O2/c1-17(2)22(24(28)26-20-13-7-4-8-14-20)25-16-19-12-9-15-21(23(19)27)18-10-5-3-6-11-18/h3,5-6,9-12,15-17,20,22,27H,4,7-8,13-14H2,1-2H3,(H,26,28)/t22-/m0/s1. The summed E-state index contributed by atoms with van der Waals surface area (Å²) in [5.41, 5.74) is 2.33. The van der Waals surface area contributed by atoms with Crippen molar-refractivity contribution in [3.8, 4) is 16.9 Å². The van der Waals surface area contributed by atoms with Crippen LogP contribution in [0.15, 0.2) is 53.5 Å². The zero-order valence-corrected chi connectivity index (χ0v) is 16.8. The third-order valence-corrected chi connectivity index (χ3v) is 5.38. The van der Waals surface area contributed by atoms with Crippen molar-refractivity contribution >= 4 is 12.1 Å². The lowest BCUT2D eigenvalue weighted by atomic mass is 9.94. The van der Waals surface area contributed by atoms with Gasteiger partial charge >= 0.3 is 0 Å². The van der Waals surface area contributed by atoms with Crippen molar-refractivity contribution in [2.24, 2.45) is 10.9 Å². The molecule has 0 aliphatic heterocycles. The van der Waals surface area contributed by atoms with Crippen LogP contribution in [-0.4, -0.2) is 29.3 Å². The molecule has 3 rings (SSSR count). The molecule has 2 N–H and O–H groups in total. The number of phenolic OH excluding ortho intramolecular Hbond substituents is 1. The van der Waals surface area contributed by atoms with Gasteiger partial charge in [0.1, 0.15) is 11.8 Å². The van der Waals surface area contributed by atoms with Crippen LogP contribution in [0.3, 0.4) is 0 Å². The van der Waals surface area contributed by atoms with Gasteiger partial charge in [-0.3, -0.25) is 9.79 Å². The number of hydrogen-bond donors (Lipinski definition) is 2. The van der Waals surface area contributed by atoms with E-state index in [1.165, 1.54) is 19.3 Å². The SMILES string of the molecule is CC(C)[C@H](N=Cc1cccc(-c2ccccc2)c1O)C(=O)NC1CCCCC1. The topological polar surface area (TPSA) is 61.7 Å². The number of carbonyl (C=O) groups is 1. The lowest BCUT2D eigenvalue weighted by molar-refractivity contribution is -0.124. The Labute approximate surface area is 167 Å².